The Morgan fingerprint density at radius 2 is 1.65 bits per heavy atom. The second-order valence-electron chi connectivity index (χ2n) is 7.42. The number of fused-ring (bicyclic) bond motifs is 1. The molecule has 2 aromatic rings. The summed E-state index contributed by atoms with van der Waals surface area (Å²) in [5, 5.41) is 2.54. The van der Waals surface area contributed by atoms with Gasteiger partial charge in [0.2, 0.25) is 11.7 Å². The number of esters is 1. The molecule has 1 atom stereocenters. The van der Waals surface area contributed by atoms with E-state index in [9.17, 15) is 24.0 Å². The maximum atomic E-state index is 12.7. The van der Waals surface area contributed by atoms with E-state index in [1.165, 1.54) is 31.2 Å². The number of nitrogens with one attached hydrogen (secondary N) is 1. The summed E-state index contributed by atoms with van der Waals surface area (Å²) in [6.07, 6.45) is 0. The molecule has 0 fully saturated rings. The maximum absolute atomic E-state index is 12.7. The van der Waals surface area contributed by atoms with Crippen molar-refractivity contribution in [2.45, 2.75) is 33.4 Å². The number of ketones is 1. The minimum absolute atomic E-state index is 0.0324. The first-order valence-electron chi connectivity index (χ1n) is 9.70. The van der Waals surface area contributed by atoms with Gasteiger partial charge in [0.15, 0.2) is 12.4 Å². The molecule has 3 amide bonds. The van der Waals surface area contributed by atoms with E-state index < -0.39 is 42.1 Å². The third kappa shape index (κ3) is 4.55. The van der Waals surface area contributed by atoms with Crippen LogP contribution >= 0.6 is 0 Å². The first-order chi connectivity index (χ1) is 14.7. The summed E-state index contributed by atoms with van der Waals surface area (Å²) in [6.45, 7) is 4.22. The molecular formula is C22H22N2O7. The lowest BCUT2D eigenvalue weighted by Gasteiger charge is -2.27. The van der Waals surface area contributed by atoms with Crippen LogP contribution < -0.4 is 5.32 Å². The Balaban J connectivity index is 1.67. The standard InChI is InChI=1S/C22H22N2O7/c1-12(2)19(24-20(27)15-6-4-5-7-16(15)21(24)28)22(29)30-11-17(26)18-9-8-14(31-18)10-23-13(3)25/h4-9,12,19H,10-11H2,1-3H3,(H,23,25)/t19-/m1/s1. The maximum Gasteiger partial charge on any atom is 0.330 e. The van der Waals surface area contributed by atoms with Gasteiger partial charge in [-0.05, 0) is 30.2 Å². The molecule has 0 radical (unpaired) electrons. The Bertz CT molecular complexity index is 1020. The molecule has 1 aliphatic rings. The van der Waals surface area contributed by atoms with E-state index in [-0.39, 0.29) is 29.3 Å². The van der Waals surface area contributed by atoms with Gasteiger partial charge in [-0.25, -0.2) is 4.79 Å². The average Bonchev–Trinajstić information content (AvgIpc) is 3.30. The Labute approximate surface area is 178 Å². The number of carbonyl (C=O) groups excluding carboxylic acids is 5. The van der Waals surface area contributed by atoms with Crippen LogP contribution in [-0.4, -0.2) is 47.0 Å². The fraction of sp³-hybridized carbons (Fsp3) is 0.318. The topological polar surface area (TPSA) is 123 Å². The molecule has 3 rings (SSSR count). The molecule has 0 bridgehead atoms. The van der Waals surface area contributed by atoms with E-state index in [1.807, 2.05) is 0 Å². The fourth-order valence-corrected chi connectivity index (χ4v) is 3.26. The van der Waals surface area contributed by atoms with E-state index in [0.717, 1.165) is 4.90 Å². The molecular weight excluding hydrogens is 404 g/mol. The highest BCUT2D eigenvalue weighted by atomic mass is 16.5. The zero-order valence-corrected chi connectivity index (χ0v) is 17.3. The number of carbonyl (C=O) groups is 5. The van der Waals surface area contributed by atoms with E-state index in [2.05, 4.69) is 5.32 Å². The summed E-state index contributed by atoms with van der Waals surface area (Å²) in [4.78, 5) is 62.3. The average molecular weight is 426 g/mol. The number of nitrogens with zero attached hydrogens (tertiary/aromatic N) is 1. The largest absolute Gasteiger partial charge is 0.456 e. The monoisotopic (exact) mass is 426 g/mol. The predicted octanol–water partition coefficient (Wildman–Crippen LogP) is 1.96. The van der Waals surface area contributed by atoms with Gasteiger partial charge < -0.3 is 14.5 Å². The highest BCUT2D eigenvalue weighted by Gasteiger charge is 2.44. The number of hydrogen-bond acceptors (Lipinski definition) is 7. The molecule has 0 spiro atoms. The molecule has 1 aliphatic heterocycles. The van der Waals surface area contributed by atoms with Gasteiger partial charge >= 0.3 is 5.97 Å². The second kappa shape index (κ2) is 8.95. The summed E-state index contributed by atoms with van der Waals surface area (Å²) in [5.74, 6) is -2.93. The molecule has 1 N–H and O–H groups in total. The van der Waals surface area contributed by atoms with E-state index >= 15 is 0 Å². The highest BCUT2D eigenvalue weighted by Crippen LogP contribution is 2.27. The Morgan fingerprint density at radius 3 is 2.19 bits per heavy atom. The fourth-order valence-electron chi connectivity index (χ4n) is 3.26. The van der Waals surface area contributed by atoms with Crippen molar-refractivity contribution in [1.82, 2.24) is 10.2 Å². The third-order valence-electron chi connectivity index (χ3n) is 4.77. The van der Waals surface area contributed by atoms with Gasteiger partial charge in [-0.2, -0.15) is 0 Å². The van der Waals surface area contributed by atoms with Crippen LogP contribution in [0.3, 0.4) is 0 Å². The number of furan rings is 1. The van der Waals surface area contributed by atoms with Crippen LogP contribution in [-0.2, 0) is 20.9 Å². The van der Waals surface area contributed by atoms with Crippen LogP contribution in [0.5, 0.6) is 0 Å². The molecule has 9 nitrogen and oxygen atoms in total. The lowest BCUT2D eigenvalue weighted by Crippen LogP contribution is -2.49. The number of hydrogen-bond donors (Lipinski definition) is 1. The molecule has 1 aromatic carbocycles. The quantitative estimate of drug-likeness (QED) is 0.389. The van der Waals surface area contributed by atoms with Crippen LogP contribution in [0.2, 0.25) is 0 Å². The Kier molecular flexibility index (Phi) is 6.33. The van der Waals surface area contributed by atoms with Gasteiger partial charge in [0.25, 0.3) is 11.8 Å². The number of ether oxygens (including phenoxy) is 1. The van der Waals surface area contributed by atoms with Gasteiger partial charge in [0, 0.05) is 6.92 Å². The van der Waals surface area contributed by atoms with Crippen molar-refractivity contribution in [3.05, 3.63) is 59.0 Å². The first-order valence-corrected chi connectivity index (χ1v) is 9.70. The summed E-state index contributed by atoms with van der Waals surface area (Å²) in [5.41, 5.74) is 0.452. The molecule has 0 aliphatic carbocycles. The van der Waals surface area contributed by atoms with Crippen LogP contribution in [0.1, 0.15) is 57.8 Å². The SMILES string of the molecule is CC(=O)NCc1ccc(C(=O)COC(=O)[C@@H](C(C)C)N2C(=O)c3ccccc3C2=O)o1. The Morgan fingerprint density at radius 1 is 1.03 bits per heavy atom. The van der Waals surface area contributed by atoms with Crippen LogP contribution in [0.15, 0.2) is 40.8 Å². The Hall–Kier alpha value is -3.75. The molecule has 1 aromatic heterocycles. The van der Waals surface area contributed by atoms with Crippen molar-refractivity contribution in [3.8, 4) is 0 Å². The van der Waals surface area contributed by atoms with E-state index in [1.54, 1.807) is 26.0 Å². The van der Waals surface area contributed by atoms with Gasteiger partial charge in [0.05, 0.1) is 17.7 Å². The van der Waals surface area contributed by atoms with E-state index in [0.29, 0.717) is 5.76 Å². The van der Waals surface area contributed by atoms with Gasteiger partial charge in [-0.15, -0.1) is 0 Å². The molecule has 0 unspecified atom stereocenters. The first kappa shape index (κ1) is 21.9. The predicted molar refractivity (Wildman–Crippen MR) is 107 cm³/mol. The van der Waals surface area contributed by atoms with Crippen molar-refractivity contribution in [2.75, 3.05) is 6.61 Å². The normalized spacial score (nSPS) is 13.9. The summed E-state index contributed by atoms with van der Waals surface area (Å²) >= 11 is 0. The van der Waals surface area contributed by atoms with Crippen molar-refractivity contribution in [1.29, 1.82) is 0 Å². The number of rotatable bonds is 8. The van der Waals surface area contributed by atoms with Crippen molar-refractivity contribution >= 4 is 29.5 Å². The zero-order chi connectivity index (χ0) is 22.7. The lowest BCUT2D eigenvalue weighted by atomic mass is 10.0. The number of imide groups is 1. The highest BCUT2D eigenvalue weighted by molar-refractivity contribution is 6.22. The van der Waals surface area contributed by atoms with E-state index in [4.69, 9.17) is 9.15 Å². The van der Waals surface area contributed by atoms with Gasteiger partial charge in [0.1, 0.15) is 11.8 Å². The molecule has 162 valence electrons. The molecule has 31 heavy (non-hydrogen) atoms. The second-order valence-corrected chi connectivity index (χ2v) is 7.42. The minimum atomic E-state index is -1.17. The van der Waals surface area contributed by atoms with Crippen LogP contribution in [0, 0.1) is 5.92 Å². The number of benzene rings is 1. The smallest absolute Gasteiger partial charge is 0.330 e. The van der Waals surface area contributed by atoms with Crippen molar-refractivity contribution < 1.29 is 33.1 Å². The minimum Gasteiger partial charge on any atom is -0.456 e. The number of Topliss-reactive ketones (excluding diaryl/α,β-unsaturated/α-hetero) is 1. The molecule has 9 heteroatoms. The molecule has 0 saturated heterocycles. The van der Waals surface area contributed by atoms with Gasteiger partial charge in [-0.1, -0.05) is 26.0 Å². The zero-order valence-electron chi connectivity index (χ0n) is 17.3. The summed E-state index contributed by atoms with van der Waals surface area (Å²) < 4.78 is 10.5. The molecule has 2 heterocycles. The third-order valence-corrected chi connectivity index (χ3v) is 4.77. The van der Waals surface area contributed by atoms with Gasteiger partial charge in [-0.3, -0.25) is 24.1 Å². The number of amides is 3. The summed E-state index contributed by atoms with van der Waals surface area (Å²) in [6, 6.07) is 8.09. The summed E-state index contributed by atoms with van der Waals surface area (Å²) in [7, 11) is 0. The van der Waals surface area contributed by atoms with Crippen LogP contribution in [0.4, 0.5) is 0 Å². The lowest BCUT2D eigenvalue weighted by molar-refractivity contribution is -0.148. The molecule has 0 saturated carbocycles. The van der Waals surface area contributed by atoms with Crippen LogP contribution in [0.25, 0.3) is 0 Å². The van der Waals surface area contributed by atoms with Crippen molar-refractivity contribution in [2.24, 2.45) is 5.92 Å². The van der Waals surface area contributed by atoms with Crippen molar-refractivity contribution in [3.63, 3.8) is 0 Å².